The van der Waals surface area contributed by atoms with E-state index in [1.807, 2.05) is 0 Å². The van der Waals surface area contributed by atoms with Crippen molar-refractivity contribution in [1.82, 2.24) is 79.8 Å². The number of rotatable bonds is 27. The third-order valence-electron chi connectivity index (χ3n) is 15.1. The molecule has 622 valence electrons. The monoisotopic (exact) mass is 1560 g/mol. The van der Waals surface area contributed by atoms with Gasteiger partial charge in [0.1, 0.15) is 82.4 Å². The van der Waals surface area contributed by atoms with Crippen LogP contribution in [0.15, 0.2) is 30.3 Å². The predicted octanol–water partition coefficient (Wildman–Crippen LogP) is -0.179. The average molecular weight is 1560 g/mol. The van der Waals surface area contributed by atoms with E-state index in [-0.39, 0.29) is 44.8 Å². The first-order valence-corrected chi connectivity index (χ1v) is 36.7. The summed E-state index contributed by atoms with van der Waals surface area (Å²) in [7, 11) is 0. The average Bonchev–Trinajstić information content (AvgIpc) is 0.958. The van der Waals surface area contributed by atoms with Crippen molar-refractivity contribution < 1.29 is 106 Å². The van der Waals surface area contributed by atoms with E-state index in [0.29, 0.717) is 5.56 Å². The number of hydrogen-bond acceptors (Lipinski definition) is 23. The van der Waals surface area contributed by atoms with Crippen LogP contribution in [0.25, 0.3) is 0 Å². The number of hydrogen-bond donors (Lipinski definition) is 18. The van der Waals surface area contributed by atoms with Gasteiger partial charge >= 0.3 is 30.5 Å². The Bertz CT molecular complexity index is 3270. The molecule has 0 bridgehead atoms. The maximum Gasteiger partial charge on any atom is 0.407 e. The van der Waals surface area contributed by atoms with Crippen molar-refractivity contribution in [3.63, 3.8) is 0 Å². The lowest BCUT2D eigenvalue weighted by atomic mass is 10.00. The van der Waals surface area contributed by atoms with Gasteiger partial charge in [-0.2, -0.15) is 0 Å². The molecule has 0 radical (unpaired) electrons. The van der Waals surface area contributed by atoms with Crippen molar-refractivity contribution in [2.45, 2.75) is 284 Å². The van der Waals surface area contributed by atoms with Crippen LogP contribution in [-0.4, -0.2) is 240 Å². The number of nitrogens with one attached hydrogen (secondary N) is 15. The van der Waals surface area contributed by atoms with Crippen LogP contribution < -0.4 is 85.5 Å². The highest BCUT2D eigenvalue weighted by atomic mass is 16.6. The van der Waals surface area contributed by atoms with Crippen molar-refractivity contribution >= 4 is 89.5 Å². The molecule has 1 saturated heterocycles. The molecule has 0 aromatic heterocycles. The Morgan fingerprint density at radius 1 is 0.455 bits per heavy atom. The van der Waals surface area contributed by atoms with E-state index in [0.717, 1.165) is 13.8 Å². The number of nitrogens with two attached hydrogens (primary N) is 1. The Labute approximate surface area is 643 Å². The summed E-state index contributed by atoms with van der Waals surface area (Å²) in [5.41, 5.74) is 1.77. The van der Waals surface area contributed by atoms with E-state index in [1.165, 1.54) is 0 Å². The fourth-order valence-corrected chi connectivity index (χ4v) is 10.1. The maximum absolute atomic E-state index is 15.2. The molecule has 2 rings (SSSR count). The van der Waals surface area contributed by atoms with Gasteiger partial charge in [0, 0.05) is 45.7 Å². The number of alkyl carbamates (subject to hydrolysis) is 5. The molecule has 19 N–H and O–H groups in total. The normalized spacial score (nSPS) is 20.5. The number of carbonyl (C=O) groups excluding carboxylic acids is 15. The lowest BCUT2D eigenvalue weighted by Gasteiger charge is -2.29. The number of aliphatic hydroxyl groups is 2. The second kappa shape index (κ2) is 44.7. The van der Waals surface area contributed by atoms with Crippen molar-refractivity contribution in [3.8, 4) is 0 Å². The molecule has 1 unspecified atom stereocenters. The molecule has 1 fully saturated rings. The van der Waals surface area contributed by atoms with Crippen LogP contribution in [-0.2, 0) is 78.1 Å². The van der Waals surface area contributed by atoms with Crippen molar-refractivity contribution in [3.05, 3.63) is 35.9 Å². The second-order valence-electron chi connectivity index (χ2n) is 32.0. The van der Waals surface area contributed by atoms with Gasteiger partial charge in [0.15, 0.2) is 0 Å². The molecular weight excluding hydrogens is 1440 g/mol. The molecule has 0 saturated carbocycles. The molecule has 1 aliphatic heterocycles. The number of benzene rings is 1. The largest absolute Gasteiger partial charge is 0.444 e. The van der Waals surface area contributed by atoms with Crippen molar-refractivity contribution in [2.75, 3.05) is 39.3 Å². The minimum absolute atomic E-state index is 0.116. The topological polar surface area (TPSA) is 549 Å². The predicted molar refractivity (Wildman–Crippen MR) is 400 cm³/mol. The van der Waals surface area contributed by atoms with Gasteiger partial charge in [0.2, 0.25) is 59.1 Å². The molecule has 110 heavy (non-hydrogen) atoms. The highest BCUT2D eigenvalue weighted by Crippen LogP contribution is 2.15. The van der Waals surface area contributed by atoms with Crippen LogP contribution in [0.2, 0.25) is 0 Å². The van der Waals surface area contributed by atoms with E-state index >= 15 is 19.2 Å². The Balaban J connectivity index is 3.06. The molecule has 15 amide bonds. The smallest absolute Gasteiger partial charge is 0.407 e. The van der Waals surface area contributed by atoms with Gasteiger partial charge in [-0.05, 0) is 174 Å². The van der Waals surface area contributed by atoms with Crippen LogP contribution in [0.4, 0.5) is 24.0 Å². The number of amides is 15. The van der Waals surface area contributed by atoms with Gasteiger partial charge in [-0.25, -0.2) is 24.0 Å². The van der Waals surface area contributed by atoms with E-state index in [9.17, 15) is 63.0 Å². The summed E-state index contributed by atoms with van der Waals surface area (Å²) in [6, 6.07) is -8.97. The standard InChI is InChI=1S/C72H122N16O22/c1-39(2)37-49-59(97)83-45(27-33-76-64(102)107-69(8,9)10)55(93)82-48(30-36-79-67(105)110-72(17,18)19)58(96)88-51(40(3)89)61(99)74-32-26-44(54(92)81-46(28-34-77-65(103)108-70(11,12)13)57(95)86-50(60(98)85-49)38-42-23-21-20-22-24-42)80-56(94)47(29-35-78-66(104)109-71(14,15)16)84-62(100)52(41(4)90)87-53(91)43(73)25-31-75-63(101)106-68(5,6)7/h20-24,39-41,43-52,89-90H,25-38,73H2,1-19H3,(H,74,99)(H,75,101)(H,76,102)(H,77,103)(H,78,104)(H,79,105)(H,80,94)(H,81,92)(H,82,93)(H,83,97)(H,84,100)(H,85,98)(H,86,95)(H,87,91)(H,88,96)/t40-,41?,43-,44-,45-,46-,47-,48-,49-,50+,51-,52-/m0/s1. The van der Waals surface area contributed by atoms with Gasteiger partial charge in [-0.3, -0.25) is 47.9 Å². The first kappa shape index (κ1) is 96.2. The Kier molecular flexibility index (Phi) is 39.1. The highest BCUT2D eigenvalue weighted by Gasteiger charge is 2.39. The fourth-order valence-electron chi connectivity index (χ4n) is 10.1. The first-order chi connectivity index (χ1) is 50.7. The van der Waals surface area contributed by atoms with Gasteiger partial charge in [-0.1, -0.05) is 44.2 Å². The minimum Gasteiger partial charge on any atom is -0.444 e. The van der Waals surface area contributed by atoms with Gasteiger partial charge in [-0.15, -0.1) is 0 Å². The van der Waals surface area contributed by atoms with E-state index in [2.05, 4.69) is 79.8 Å². The van der Waals surface area contributed by atoms with Gasteiger partial charge in [0.05, 0.1) is 18.2 Å². The summed E-state index contributed by atoms with van der Waals surface area (Å²) >= 11 is 0. The second-order valence-corrected chi connectivity index (χ2v) is 32.0. The summed E-state index contributed by atoms with van der Waals surface area (Å²) in [5.74, 6) is -11.4. The zero-order valence-electron chi connectivity index (χ0n) is 66.9. The Hall–Kier alpha value is -9.85. The summed E-state index contributed by atoms with van der Waals surface area (Å²) in [5, 5.41) is 59.8. The molecule has 1 heterocycles. The lowest BCUT2D eigenvalue weighted by molar-refractivity contribution is -0.136. The lowest BCUT2D eigenvalue weighted by Crippen LogP contribution is -2.62. The molecule has 1 aliphatic rings. The molecule has 12 atom stereocenters. The molecule has 0 spiro atoms. The first-order valence-electron chi connectivity index (χ1n) is 36.7. The maximum atomic E-state index is 15.2. The van der Waals surface area contributed by atoms with Crippen LogP contribution >= 0.6 is 0 Å². The highest BCUT2D eigenvalue weighted by molar-refractivity contribution is 5.99. The fraction of sp³-hybridized carbons (Fsp3) is 0.708. The Morgan fingerprint density at radius 3 is 1.22 bits per heavy atom. The molecule has 1 aromatic rings. The minimum atomic E-state index is -1.92. The van der Waals surface area contributed by atoms with Gasteiger partial charge in [0.25, 0.3) is 0 Å². The summed E-state index contributed by atoms with van der Waals surface area (Å²) < 4.78 is 26.7. The molecular formula is C72H122N16O22. The third kappa shape index (κ3) is 40.5. The summed E-state index contributed by atoms with van der Waals surface area (Å²) in [6.45, 7) is 27.3. The van der Waals surface area contributed by atoms with Crippen LogP contribution in [0.3, 0.4) is 0 Å². The van der Waals surface area contributed by atoms with E-state index < -0.39 is 242 Å². The molecule has 1 aromatic carbocycles. The van der Waals surface area contributed by atoms with Crippen LogP contribution in [0, 0.1) is 5.92 Å². The number of aliphatic hydroxyl groups excluding tert-OH is 2. The van der Waals surface area contributed by atoms with Crippen LogP contribution in [0.1, 0.15) is 182 Å². The molecule has 0 aliphatic carbocycles. The Morgan fingerprint density at radius 2 is 0.818 bits per heavy atom. The van der Waals surface area contributed by atoms with Crippen molar-refractivity contribution in [1.29, 1.82) is 0 Å². The SMILES string of the molecule is CC(C)C[C@@H]1NC(=O)[C@@H](Cc2ccccc2)NC(=O)[C@H](CCNC(=O)OC(C)(C)C)NC(=O)[C@@H](NC(=O)[C@H](CCNC(=O)OC(C)(C)C)NC(=O)[C@@H](NC(=O)[C@@H](N)CCNC(=O)OC(C)(C)C)C(C)O)CCNC(=O)[C@H]([C@H](C)O)NC(=O)[C@H](CCNC(=O)OC(C)(C)C)NC(=O)[C@H](CCNC(=O)OC(C)(C)C)NC1=O. The number of carbonyl (C=O) groups is 15. The zero-order valence-corrected chi connectivity index (χ0v) is 66.9. The summed E-state index contributed by atoms with van der Waals surface area (Å²) in [6.07, 6.45) is -11.1. The van der Waals surface area contributed by atoms with E-state index in [1.54, 1.807) is 148 Å². The molecule has 38 nitrogen and oxygen atoms in total. The zero-order chi connectivity index (χ0) is 83.8. The van der Waals surface area contributed by atoms with Crippen molar-refractivity contribution in [2.24, 2.45) is 11.7 Å². The van der Waals surface area contributed by atoms with Gasteiger partial charge < -0.3 is 119 Å². The molecule has 38 heteroatoms. The summed E-state index contributed by atoms with van der Waals surface area (Å²) in [4.78, 5) is 211. The quantitative estimate of drug-likeness (QED) is 0.0508. The van der Waals surface area contributed by atoms with Crippen LogP contribution in [0.5, 0.6) is 0 Å². The third-order valence-corrected chi connectivity index (χ3v) is 15.1. The number of ether oxygens (including phenoxy) is 5. The van der Waals surface area contributed by atoms with E-state index in [4.69, 9.17) is 29.4 Å².